The highest BCUT2D eigenvalue weighted by atomic mass is 16.3. The van der Waals surface area contributed by atoms with Crippen molar-refractivity contribution < 1.29 is 14.7 Å². The Bertz CT molecular complexity index is 729. The largest absolute Gasteiger partial charge is 0.389 e. The molecule has 1 aliphatic heterocycles. The molecule has 1 aliphatic rings. The maximum absolute atomic E-state index is 12.2. The zero-order valence-electron chi connectivity index (χ0n) is 13.1. The molecule has 0 aromatic carbocycles. The highest BCUT2D eigenvalue weighted by Crippen LogP contribution is 2.09. The molecule has 8 nitrogen and oxygen atoms in total. The Morgan fingerprint density at radius 2 is 2.33 bits per heavy atom. The molecule has 0 aliphatic carbocycles. The van der Waals surface area contributed by atoms with Crippen LogP contribution in [0.25, 0.3) is 0 Å². The molecule has 0 bridgehead atoms. The van der Waals surface area contributed by atoms with Crippen molar-refractivity contribution in [1.82, 2.24) is 25.4 Å². The SMILES string of the molecule is O=C(NCCCc1ccccn1)c1cc2n(n1)CC(O)CNC2=O. The van der Waals surface area contributed by atoms with E-state index in [9.17, 15) is 14.7 Å². The quantitative estimate of drug-likeness (QED) is 0.655. The number of fused-ring (bicyclic) bond motifs is 1. The highest BCUT2D eigenvalue weighted by Gasteiger charge is 2.24. The summed E-state index contributed by atoms with van der Waals surface area (Å²) in [6, 6.07) is 7.18. The van der Waals surface area contributed by atoms with E-state index in [1.165, 1.54) is 10.7 Å². The number of aromatic nitrogens is 3. The van der Waals surface area contributed by atoms with Gasteiger partial charge in [-0.1, -0.05) is 6.07 Å². The Hall–Kier alpha value is -2.74. The number of carbonyl (C=O) groups excluding carboxylic acids is 2. The van der Waals surface area contributed by atoms with Gasteiger partial charge in [0, 0.05) is 31.0 Å². The second kappa shape index (κ2) is 7.22. The average Bonchev–Trinajstić information content (AvgIpc) is 2.96. The molecule has 3 N–H and O–H groups in total. The van der Waals surface area contributed by atoms with Crippen molar-refractivity contribution in [2.24, 2.45) is 0 Å². The normalized spacial score (nSPS) is 16.9. The van der Waals surface area contributed by atoms with Gasteiger partial charge in [-0.15, -0.1) is 0 Å². The molecule has 3 rings (SSSR count). The molecular formula is C16H19N5O3. The lowest BCUT2D eigenvalue weighted by Gasteiger charge is -2.06. The molecule has 3 heterocycles. The van der Waals surface area contributed by atoms with Crippen LogP contribution in [0.5, 0.6) is 0 Å². The van der Waals surface area contributed by atoms with Crippen LogP contribution < -0.4 is 10.6 Å². The fourth-order valence-corrected chi connectivity index (χ4v) is 2.52. The van der Waals surface area contributed by atoms with Gasteiger partial charge in [-0.3, -0.25) is 19.3 Å². The monoisotopic (exact) mass is 329 g/mol. The lowest BCUT2D eigenvalue weighted by Crippen LogP contribution is -2.30. The molecule has 2 aromatic rings. The molecule has 1 unspecified atom stereocenters. The Morgan fingerprint density at radius 1 is 1.46 bits per heavy atom. The van der Waals surface area contributed by atoms with Crippen LogP contribution in [0.15, 0.2) is 30.5 Å². The molecule has 2 aromatic heterocycles. The lowest BCUT2D eigenvalue weighted by atomic mass is 10.2. The van der Waals surface area contributed by atoms with Crippen LogP contribution in [0.4, 0.5) is 0 Å². The maximum atomic E-state index is 12.2. The van der Waals surface area contributed by atoms with Gasteiger partial charge in [0.05, 0.1) is 12.6 Å². The Morgan fingerprint density at radius 3 is 3.12 bits per heavy atom. The first kappa shape index (κ1) is 16.1. The van der Waals surface area contributed by atoms with Gasteiger partial charge in [0.25, 0.3) is 11.8 Å². The minimum atomic E-state index is -0.718. The number of pyridine rings is 1. The second-order valence-electron chi connectivity index (χ2n) is 5.64. The fraction of sp³-hybridized carbons (Fsp3) is 0.375. The number of rotatable bonds is 5. The number of carbonyl (C=O) groups is 2. The molecule has 0 saturated carbocycles. The first-order valence-electron chi connectivity index (χ1n) is 7.85. The number of nitrogens with zero attached hydrogens (tertiary/aromatic N) is 3. The van der Waals surface area contributed by atoms with E-state index in [0.29, 0.717) is 6.54 Å². The summed E-state index contributed by atoms with van der Waals surface area (Å²) in [7, 11) is 0. The Balaban J connectivity index is 1.55. The molecule has 0 spiro atoms. The van der Waals surface area contributed by atoms with Crippen LogP contribution in [-0.2, 0) is 13.0 Å². The van der Waals surface area contributed by atoms with Crippen molar-refractivity contribution in [3.8, 4) is 0 Å². The number of aryl methyl sites for hydroxylation is 1. The van der Waals surface area contributed by atoms with E-state index < -0.39 is 6.10 Å². The van der Waals surface area contributed by atoms with Crippen LogP contribution in [-0.4, -0.2) is 50.9 Å². The molecular weight excluding hydrogens is 310 g/mol. The van der Waals surface area contributed by atoms with Gasteiger partial charge in [0.1, 0.15) is 5.69 Å². The van der Waals surface area contributed by atoms with Gasteiger partial charge in [-0.05, 0) is 25.0 Å². The summed E-state index contributed by atoms with van der Waals surface area (Å²) in [4.78, 5) is 28.3. The van der Waals surface area contributed by atoms with E-state index >= 15 is 0 Å². The van der Waals surface area contributed by atoms with Crippen molar-refractivity contribution in [3.63, 3.8) is 0 Å². The van der Waals surface area contributed by atoms with Crippen LogP contribution in [0.2, 0.25) is 0 Å². The highest BCUT2D eigenvalue weighted by molar-refractivity contribution is 5.98. The third-order valence-electron chi connectivity index (χ3n) is 3.75. The van der Waals surface area contributed by atoms with E-state index in [1.54, 1.807) is 6.20 Å². The van der Waals surface area contributed by atoms with Gasteiger partial charge >= 0.3 is 0 Å². The van der Waals surface area contributed by atoms with Crippen molar-refractivity contribution in [1.29, 1.82) is 0 Å². The van der Waals surface area contributed by atoms with Crippen LogP contribution >= 0.6 is 0 Å². The van der Waals surface area contributed by atoms with Crippen LogP contribution in [0, 0.1) is 0 Å². The first-order chi connectivity index (χ1) is 11.6. The smallest absolute Gasteiger partial charge is 0.271 e. The molecule has 24 heavy (non-hydrogen) atoms. The van der Waals surface area contributed by atoms with E-state index in [4.69, 9.17) is 0 Å². The third kappa shape index (κ3) is 3.77. The van der Waals surface area contributed by atoms with E-state index in [1.807, 2.05) is 18.2 Å². The van der Waals surface area contributed by atoms with Gasteiger partial charge in [-0.2, -0.15) is 5.10 Å². The number of hydrogen-bond donors (Lipinski definition) is 3. The molecule has 1 atom stereocenters. The summed E-state index contributed by atoms with van der Waals surface area (Å²) >= 11 is 0. The zero-order valence-corrected chi connectivity index (χ0v) is 13.1. The predicted octanol–water partition coefficient (Wildman–Crippen LogP) is -0.255. The van der Waals surface area contributed by atoms with Crippen LogP contribution in [0.3, 0.4) is 0 Å². The number of aliphatic hydroxyl groups is 1. The van der Waals surface area contributed by atoms with E-state index in [2.05, 4.69) is 20.7 Å². The zero-order chi connectivity index (χ0) is 16.9. The van der Waals surface area contributed by atoms with E-state index in [-0.39, 0.29) is 36.3 Å². The maximum Gasteiger partial charge on any atom is 0.271 e. The van der Waals surface area contributed by atoms with Crippen molar-refractivity contribution >= 4 is 11.8 Å². The number of β-amino-alcohol motifs (C(OH)–C–C–N with tert-alkyl or cyclic N) is 1. The topological polar surface area (TPSA) is 109 Å². The Kier molecular flexibility index (Phi) is 4.85. The number of nitrogens with one attached hydrogen (secondary N) is 2. The molecule has 0 radical (unpaired) electrons. The summed E-state index contributed by atoms with van der Waals surface area (Å²) in [5, 5.41) is 19.2. The van der Waals surface area contributed by atoms with Gasteiger partial charge in [-0.25, -0.2) is 0 Å². The summed E-state index contributed by atoms with van der Waals surface area (Å²) in [5.74, 6) is -0.674. The van der Waals surface area contributed by atoms with Crippen molar-refractivity contribution in [3.05, 3.63) is 47.5 Å². The van der Waals surface area contributed by atoms with E-state index in [0.717, 1.165) is 18.5 Å². The third-order valence-corrected chi connectivity index (χ3v) is 3.75. The van der Waals surface area contributed by atoms with Crippen LogP contribution in [0.1, 0.15) is 33.1 Å². The summed E-state index contributed by atoms with van der Waals surface area (Å²) < 4.78 is 1.37. The molecule has 8 heteroatoms. The second-order valence-corrected chi connectivity index (χ2v) is 5.64. The summed E-state index contributed by atoms with van der Waals surface area (Å²) in [6.07, 6.45) is 2.56. The fourth-order valence-electron chi connectivity index (χ4n) is 2.52. The number of hydrogen-bond acceptors (Lipinski definition) is 5. The van der Waals surface area contributed by atoms with Crippen molar-refractivity contribution in [2.45, 2.75) is 25.5 Å². The number of amides is 2. The van der Waals surface area contributed by atoms with Gasteiger partial charge in [0.15, 0.2) is 5.69 Å². The molecule has 0 saturated heterocycles. The number of aliphatic hydroxyl groups excluding tert-OH is 1. The Labute approximate surface area is 138 Å². The molecule has 0 fully saturated rings. The lowest BCUT2D eigenvalue weighted by molar-refractivity contribution is 0.0931. The summed E-state index contributed by atoms with van der Waals surface area (Å²) in [6.45, 7) is 0.852. The van der Waals surface area contributed by atoms with Gasteiger partial charge < -0.3 is 15.7 Å². The minimum absolute atomic E-state index is 0.173. The van der Waals surface area contributed by atoms with Gasteiger partial charge in [0.2, 0.25) is 0 Å². The molecule has 126 valence electrons. The molecule has 2 amide bonds. The predicted molar refractivity (Wildman–Crippen MR) is 85.5 cm³/mol. The average molecular weight is 329 g/mol. The minimum Gasteiger partial charge on any atom is -0.389 e. The summed E-state index contributed by atoms with van der Waals surface area (Å²) in [5.41, 5.74) is 1.43. The first-order valence-corrected chi connectivity index (χ1v) is 7.85. The standard InChI is InChI=1S/C16H19N5O3/c22-12-9-19-16(24)14-8-13(20-21(14)10-12)15(23)18-7-3-5-11-4-1-2-6-17-11/h1-2,4,6,8,12,22H,3,5,7,9-10H2,(H,18,23)(H,19,24). The van der Waals surface area contributed by atoms with Crippen molar-refractivity contribution in [2.75, 3.05) is 13.1 Å².